The first kappa shape index (κ1) is 22.7. The third-order valence-electron chi connectivity index (χ3n) is 4.14. The summed E-state index contributed by atoms with van der Waals surface area (Å²) in [4.78, 5) is 11.6. The van der Waals surface area contributed by atoms with Crippen molar-refractivity contribution in [3.63, 3.8) is 0 Å². The summed E-state index contributed by atoms with van der Waals surface area (Å²) in [6.45, 7) is 3.36. The molecule has 4 heteroatoms. The standard InChI is InChI=1S/C22H36O4/c1-2-3-4-5-6-7-8-9-10-11-12-13-14-15-16-17-22(23)25-19-21-18-24-20-26-21/h6-7,9-10,12-13,21H,2-5,8,11,14-20H2,1H3. The molecule has 4 nitrogen and oxygen atoms in total. The third-order valence-corrected chi connectivity index (χ3v) is 4.14. The molecule has 1 atom stereocenters. The van der Waals surface area contributed by atoms with Gasteiger partial charge in [0.1, 0.15) is 19.5 Å². The summed E-state index contributed by atoms with van der Waals surface area (Å²) in [5.41, 5.74) is 0. The summed E-state index contributed by atoms with van der Waals surface area (Å²) in [5.74, 6) is -0.143. The van der Waals surface area contributed by atoms with Crippen molar-refractivity contribution in [3.05, 3.63) is 36.5 Å². The Bertz CT molecular complexity index is 420. The molecular weight excluding hydrogens is 328 g/mol. The first-order chi connectivity index (χ1) is 12.8. The molecule has 0 bridgehead atoms. The number of hydrogen-bond acceptors (Lipinski definition) is 4. The maximum Gasteiger partial charge on any atom is 0.305 e. The van der Waals surface area contributed by atoms with Crippen molar-refractivity contribution in [1.82, 2.24) is 0 Å². The van der Waals surface area contributed by atoms with Crippen LogP contribution in [0.3, 0.4) is 0 Å². The van der Waals surface area contributed by atoms with Crippen LogP contribution < -0.4 is 0 Å². The number of hydrogen-bond donors (Lipinski definition) is 0. The SMILES string of the molecule is CCCCCC=CCC=CCC=CCCCCC(=O)OCC1COCO1. The average Bonchev–Trinajstić information content (AvgIpc) is 3.17. The van der Waals surface area contributed by atoms with Crippen molar-refractivity contribution in [1.29, 1.82) is 0 Å². The van der Waals surface area contributed by atoms with E-state index in [4.69, 9.17) is 14.2 Å². The number of allylic oxidation sites excluding steroid dienone is 6. The smallest absolute Gasteiger partial charge is 0.305 e. The molecule has 1 heterocycles. The van der Waals surface area contributed by atoms with Gasteiger partial charge in [-0.05, 0) is 44.9 Å². The fourth-order valence-corrected chi connectivity index (χ4v) is 2.55. The minimum Gasteiger partial charge on any atom is -0.463 e. The van der Waals surface area contributed by atoms with Crippen LogP contribution in [0.25, 0.3) is 0 Å². The van der Waals surface area contributed by atoms with E-state index in [2.05, 4.69) is 43.4 Å². The van der Waals surface area contributed by atoms with Gasteiger partial charge in [-0.25, -0.2) is 0 Å². The minimum atomic E-state index is -0.143. The van der Waals surface area contributed by atoms with E-state index in [-0.39, 0.29) is 12.1 Å². The topological polar surface area (TPSA) is 44.8 Å². The predicted octanol–water partition coefficient (Wildman–Crippen LogP) is 5.49. The molecule has 1 aliphatic rings. The molecule has 1 unspecified atom stereocenters. The fourth-order valence-electron chi connectivity index (χ4n) is 2.55. The summed E-state index contributed by atoms with van der Waals surface area (Å²) in [6.07, 6.45) is 23.8. The van der Waals surface area contributed by atoms with E-state index in [0.717, 1.165) is 32.1 Å². The molecule has 0 aromatic heterocycles. The zero-order valence-corrected chi connectivity index (χ0v) is 16.4. The van der Waals surface area contributed by atoms with Gasteiger partial charge in [-0.15, -0.1) is 0 Å². The quantitative estimate of drug-likeness (QED) is 0.219. The van der Waals surface area contributed by atoms with Crippen molar-refractivity contribution >= 4 is 5.97 Å². The Labute approximate surface area is 159 Å². The van der Waals surface area contributed by atoms with Crippen LogP contribution in [0.5, 0.6) is 0 Å². The maximum atomic E-state index is 11.6. The molecule has 0 saturated carbocycles. The Kier molecular flexibility index (Phi) is 14.8. The number of unbranched alkanes of at least 4 members (excludes halogenated alkanes) is 5. The van der Waals surface area contributed by atoms with E-state index >= 15 is 0 Å². The molecular formula is C22H36O4. The number of esters is 1. The van der Waals surface area contributed by atoms with Gasteiger partial charge >= 0.3 is 5.97 Å². The molecule has 1 saturated heterocycles. The fraction of sp³-hybridized carbons (Fsp3) is 0.682. The van der Waals surface area contributed by atoms with Crippen molar-refractivity contribution < 1.29 is 19.0 Å². The second-order valence-corrected chi connectivity index (χ2v) is 6.59. The van der Waals surface area contributed by atoms with E-state index < -0.39 is 0 Å². The summed E-state index contributed by atoms with van der Waals surface area (Å²) in [7, 11) is 0. The van der Waals surface area contributed by atoms with E-state index in [0.29, 0.717) is 26.4 Å². The summed E-state index contributed by atoms with van der Waals surface area (Å²) >= 11 is 0. The zero-order chi connectivity index (χ0) is 18.7. The van der Waals surface area contributed by atoms with Crippen LogP contribution in [-0.2, 0) is 19.0 Å². The highest BCUT2D eigenvalue weighted by molar-refractivity contribution is 5.69. The molecule has 0 spiro atoms. The van der Waals surface area contributed by atoms with Gasteiger partial charge in [0, 0.05) is 6.42 Å². The van der Waals surface area contributed by atoms with Gasteiger partial charge in [0.05, 0.1) is 6.61 Å². The first-order valence-electron chi connectivity index (χ1n) is 10.1. The number of rotatable bonds is 15. The lowest BCUT2D eigenvalue weighted by Gasteiger charge is -2.08. The van der Waals surface area contributed by atoms with Crippen molar-refractivity contribution in [3.8, 4) is 0 Å². The van der Waals surface area contributed by atoms with Gasteiger partial charge in [0.15, 0.2) is 0 Å². The van der Waals surface area contributed by atoms with E-state index in [1.165, 1.54) is 25.7 Å². The number of ether oxygens (including phenoxy) is 3. The van der Waals surface area contributed by atoms with Crippen molar-refractivity contribution in [2.24, 2.45) is 0 Å². The number of carbonyl (C=O) groups is 1. The van der Waals surface area contributed by atoms with Crippen LogP contribution in [0.2, 0.25) is 0 Å². The van der Waals surface area contributed by atoms with Crippen LogP contribution in [0.1, 0.15) is 71.1 Å². The molecule has 1 fully saturated rings. The summed E-state index contributed by atoms with van der Waals surface area (Å²) < 4.78 is 15.4. The zero-order valence-electron chi connectivity index (χ0n) is 16.4. The van der Waals surface area contributed by atoms with Gasteiger partial charge < -0.3 is 14.2 Å². The lowest BCUT2D eigenvalue weighted by Crippen LogP contribution is -2.20. The lowest BCUT2D eigenvalue weighted by molar-refractivity contribution is -0.146. The highest BCUT2D eigenvalue weighted by atomic mass is 16.7. The van der Waals surface area contributed by atoms with Gasteiger partial charge in [0.2, 0.25) is 0 Å². The van der Waals surface area contributed by atoms with Crippen molar-refractivity contribution in [2.45, 2.75) is 77.2 Å². The second-order valence-electron chi connectivity index (χ2n) is 6.59. The molecule has 0 aliphatic carbocycles. The molecule has 1 rings (SSSR count). The Morgan fingerprint density at radius 3 is 2.23 bits per heavy atom. The molecule has 0 aromatic carbocycles. The van der Waals surface area contributed by atoms with Crippen LogP contribution in [0, 0.1) is 0 Å². The summed E-state index contributed by atoms with van der Waals surface area (Å²) in [6, 6.07) is 0. The number of carbonyl (C=O) groups excluding carboxylic acids is 1. The van der Waals surface area contributed by atoms with Gasteiger partial charge in [-0.3, -0.25) is 4.79 Å². The van der Waals surface area contributed by atoms with E-state index in [9.17, 15) is 4.79 Å². The Hall–Kier alpha value is -1.39. The van der Waals surface area contributed by atoms with Crippen LogP contribution in [0.15, 0.2) is 36.5 Å². The van der Waals surface area contributed by atoms with Gasteiger partial charge in [-0.2, -0.15) is 0 Å². The molecule has 0 N–H and O–H groups in total. The van der Waals surface area contributed by atoms with Crippen LogP contribution in [-0.4, -0.2) is 32.1 Å². The van der Waals surface area contributed by atoms with Crippen LogP contribution >= 0.6 is 0 Å². The lowest BCUT2D eigenvalue weighted by atomic mass is 10.1. The summed E-state index contributed by atoms with van der Waals surface area (Å²) in [5, 5.41) is 0. The van der Waals surface area contributed by atoms with Gasteiger partial charge in [0.25, 0.3) is 0 Å². The van der Waals surface area contributed by atoms with E-state index in [1.54, 1.807) is 0 Å². The molecule has 0 aromatic rings. The molecule has 0 radical (unpaired) electrons. The molecule has 0 amide bonds. The first-order valence-corrected chi connectivity index (χ1v) is 10.1. The van der Waals surface area contributed by atoms with Gasteiger partial charge in [-0.1, -0.05) is 56.2 Å². The Balaban J connectivity index is 1.86. The second kappa shape index (κ2) is 17.0. The highest BCUT2D eigenvalue weighted by Gasteiger charge is 2.17. The Morgan fingerprint density at radius 1 is 0.962 bits per heavy atom. The highest BCUT2D eigenvalue weighted by Crippen LogP contribution is 2.06. The third kappa shape index (κ3) is 13.9. The average molecular weight is 365 g/mol. The maximum absolute atomic E-state index is 11.6. The molecule has 1 aliphatic heterocycles. The predicted molar refractivity (Wildman–Crippen MR) is 106 cm³/mol. The molecule has 26 heavy (non-hydrogen) atoms. The normalized spacial score (nSPS) is 17.8. The molecule has 148 valence electrons. The largest absolute Gasteiger partial charge is 0.463 e. The minimum absolute atomic E-state index is 0.0912. The van der Waals surface area contributed by atoms with Crippen LogP contribution in [0.4, 0.5) is 0 Å². The monoisotopic (exact) mass is 364 g/mol. The van der Waals surface area contributed by atoms with E-state index in [1.807, 2.05) is 0 Å². The Morgan fingerprint density at radius 2 is 1.62 bits per heavy atom. The van der Waals surface area contributed by atoms with Crippen molar-refractivity contribution in [2.75, 3.05) is 20.0 Å².